The molecule has 1 aromatic heterocycles. The van der Waals surface area contributed by atoms with E-state index in [9.17, 15) is 18.4 Å². The van der Waals surface area contributed by atoms with Crippen LogP contribution in [-0.4, -0.2) is 54.7 Å². The zero-order chi connectivity index (χ0) is 22.0. The molecule has 0 radical (unpaired) electrons. The van der Waals surface area contributed by atoms with Crippen LogP contribution in [0.2, 0.25) is 0 Å². The molecule has 1 N–H and O–H groups in total. The average Bonchev–Trinajstić information content (AvgIpc) is 3.17. The number of nitrogens with zero attached hydrogens (tertiary/aromatic N) is 3. The van der Waals surface area contributed by atoms with Gasteiger partial charge in [0.05, 0.1) is 22.4 Å². The summed E-state index contributed by atoms with van der Waals surface area (Å²) in [5.41, 5.74) is 3.25. The molecule has 1 aliphatic rings. The van der Waals surface area contributed by atoms with Crippen molar-refractivity contribution in [2.24, 2.45) is 0 Å². The highest BCUT2D eigenvalue weighted by molar-refractivity contribution is 7.22. The van der Waals surface area contributed by atoms with Crippen molar-refractivity contribution in [2.75, 3.05) is 37.7 Å². The molecule has 0 aliphatic carbocycles. The molecule has 2 heterocycles. The van der Waals surface area contributed by atoms with E-state index in [4.69, 9.17) is 4.74 Å². The number of aromatic nitrogens is 1. The molecule has 162 valence electrons. The van der Waals surface area contributed by atoms with Gasteiger partial charge in [-0.1, -0.05) is 17.4 Å². The maximum Gasteiger partial charge on any atom is 0.338 e. The van der Waals surface area contributed by atoms with Crippen LogP contribution in [0, 0.1) is 11.6 Å². The average molecular weight is 446 g/mol. The van der Waals surface area contributed by atoms with E-state index in [-0.39, 0.29) is 5.97 Å². The molecule has 1 fully saturated rings. The van der Waals surface area contributed by atoms with E-state index in [2.05, 4.69) is 15.3 Å². The summed E-state index contributed by atoms with van der Waals surface area (Å²) in [7, 11) is 0. The lowest BCUT2D eigenvalue weighted by Gasteiger charge is -2.34. The van der Waals surface area contributed by atoms with Gasteiger partial charge >= 0.3 is 5.97 Å². The molecule has 4 rings (SSSR count). The first-order chi connectivity index (χ1) is 15.0. The van der Waals surface area contributed by atoms with Crippen LogP contribution in [0.5, 0.6) is 0 Å². The SMILES string of the molecule is CCOC(=O)c1ccc2nc(N3CCN(NC(=O)c4c(F)cccc4F)CC3)sc2c1. The van der Waals surface area contributed by atoms with Crippen LogP contribution in [0.1, 0.15) is 27.6 Å². The normalized spacial score (nSPS) is 14.6. The van der Waals surface area contributed by atoms with E-state index < -0.39 is 23.1 Å². The van der Waals surface area contributed by atoms with Crippen LogP contribution in [0.15, 0.2) is 36.4 Å². The Morgan fingerprint density at radius 3 is 2.52 bits per heavy atom. The molecule has 10 heteroatoms. The maximum absolute atomic E-state index is 13.8. The van der Waals surface area contributed by atoms with Crippen molar-refractivity contribution < 1.29 is 23.1 Å². The summed E-state index contributed by atoms with van der Waals surface area (Å²) < 4.78 is 33.5. The lowest BCUT2D eigenvalue weighted by atomic mass is 10.2. The fraction of sp³-hybridized carbons (Fsp3) is 0.286. The third kappa shape index (κ3) is 4.49. The number of halogens is 2. The van der Waals surface area contributed by atoms with Gasteiger partial charge in [0.15, 0.2) is 5.13 Å². The van der Waals surface area contributed by atoms with Crippen molar-refractivity contribution in [3.05, 3.63) is 59.2 Å². The number of amides is 1. The summed E-state index contributed by atoms with van der Waals surface area (Å²) >= 11 is 1.47. The van der Waals surface area contributed by atoms with Crippen molar-refractivity contribution in [1.82, 2.24) is 15.4 Å². The number of piperazine rings is 1. The standard InChI is InChI=1S/C21H20F2N4O3S/c1-2-30-20(29)13-6-7-16-17(12-13)31-21(24-16)26-8-10-27(11-9-26)25-19(28)18-14(22)4-3-5-15(18)23/h3-7,12H,2,8-11H2,1H3,(H,25,28). The molecule has 0 saturated carbocycles. The molecule has 3 aromatic rings. The van der Waals surface area contributed by atoms with Crippen molar-refractivity contribution in [1.29, 1.82) is 0 Å². The van der Waals surface area contributed by atoms with Gasteiger partial charge in [0, 0.05) is 26.2 Å². The van der Waals surface area contributed by atoms with Gasteiger partial charge in [0.1, 0.15) is 17.2 Å². The molecule has 1 amide bonds. The Bertz CT molecular complexity index is 1110. The van der Waals surface area contributed by atoms with Gasteiger partial charge in [-0.2, -0.15) is 0 Å². The Morgan fingerprint density at radius 2 is 1.84 bits per heavy atom. The molecule has 7 nitrogen and oxygen atoms in total. The minimum Gasteiger partial charge on any atom is -0.462 e. The Hall–Kier alpha value is -3.11. The van der Waals surface area contributed by atoms with Crippen LogP contribution < -0.4 is 10.3 Å². The predicted molar refractivity (Wildman–Crippen MR) is 113 cm³/mol. The van der Waals surface area contributed by atoms with Crippen molar-refractivity contribution in [3.8, 4) is 0 Å². The number of fused-ring (bicyclic) bond motifs is 1. The highest BCUT2D eigenvalue weighted by Gasteiger charge is 2.24. The molecule has 2 aromatic carbocycles. The molecular weight excluding hydrogens is 426 g/mol. The van der Waals surface area contributed by atoms with E-state index in [0.29, 0.717) is 38.3 Å². The fourth-order valence-corrected chi connectivity index (χ4v) is 4.37. The van der Waals surface area contributed by atoms with Gasteiger partial charge in [0.2, 0.25) is 0 Å². The number of rotatable bonds is 5. The van der Waals surface area contributed by atoms with E-state index in [1.54, 1.807) is 30.1 Å². The van der Waals surface area contributed by atoms with Crippen LogP contribution >= 0.6 is 11.3 Å². The second-order valence-corrected chi connectivity index (χ2v) is 7.92. The Labute approximate surface area is 181 Å². The van der Waals surface area contributed by atoms with E-state index in [0.717, 1.165) is 27.5 Å². The summed E-state index contributed by atoms with van der Waals surface area (Å²) in [4.78, 5) is 30.9. The Kier molecular flexibility index (Phi) is 6.10. The highest BCUT2D eigenvalue weighted by atomic mass is 32.1. The molecular formula is C21H20F2N4O3S. The third-order valence-electron chi connectivity index (χ3n) is 4.89. The zero-order valence-electron chi connectivity index (χ0n) is 16.7. The lowest BCUT2D eigenvalue weighted by molar-refractivity contribution is 0.0526. The minimum atomic E-state index is -0.896. The summed E-state index contributed by atoms with van der Waals surface area (Å²) in [6, 6.07) is 8.58. The van der Waals surface area contributed by atoms with Gasteiger partial charge in [0.25, 0.3) is 5.91 Å². The van der Waals surface area contributed by atoms with Gasteiger partial charge in [-0.15, -0.1) is 0 Å². The van der Waals surface area contributed by atoms with E-state index in [1.165, 1.54) is 17.4 Å². The number of nitrogens with one attached hydrogen (secondary N) is 1. The number of hydrazine groups is 1. The van der Waals surface area contributed by atoms with Gasteiger partial charge in [-0.25, -0.2) is 23.6 Å². The number of benzene rings is 2. The number of carbonyl (C=O) groups excluding carboxylic acids is 2. The molecule has 1 saturated heterocycles. The largest absolute Gasteiger partial charge is 0.462 e. The second kappa shape index (κ2) is 8.94. The van der Waals surface area contributed by atoms with E-state index in [1.807, 2.05) is 0 Å². The van der Waals surface area contributed by atoms with Crippen LogP contribution in [-0.2, 0) is 4.74 Å². The molecule has 31 heavy (non-hydrogen) atoms. The first kappa shape index (κ1) is 21.1. The van der Waals surface area contributed by atoms with Crippen LogP contribution in [0.4, 0.5) is 13.9 Å². The van der Waals surface area contributed by atoms with E-state index >= 15 is 0 Å². The molecule has 0 spiro atoms. The quantitative estimate of drug-likeness (QED) is 0.607. The number of esters is 1. The smallest absolute Gasteiger partial charge is 0.338 e. The first-order valence-corrected chi connectivity index (χ1v) is 10.6. The summed E-state index contributed by atoms with van der Waals surface area (Å²) in [5.74, 6) is -2.97. The number of ether oxygens (including phenoxy) is 1. The zero-order valence-corrected chi connectivity index (χ0v) is 17.5. The molecule has 0 atom stereocenters. The molecule has 1 aliphatic heterocycles. The number of thiazole rings is 1. The number of carbonyl (C=O) groups is 2. The third-order valence-corrected chi connectivity index (χ3v) is 5.97. The number of hydrogen-bond acceptors (Lipinski definition) is 7. The van der Waals surface area contributed by atoms with Crippen molar-refractivity contribution in [3.63, 3.8) is 0 Å². The van der Waals surface area contributed by atoms with Crippen molar-refractivity contribution >= 4 is 38.6 Å². The summed E-state index contributed by atoms with van der Waals surface area (Å²) in [6.45, 7) is 4.15. The predicted octanol–water partition coefficient (Wildman–Crippen LogP) is 3.22. The topological polar surface area (TPSA) is 74.8 Å². The van der Waals surface area contributed by atoms with Crippen molar-refractivity contribution in [2.45, 2.75) is 6.92 Å². The van der Waals surface area contributed by atoms with Gasteiger partial charge in [-0.05, 0) is 37.3 Å². The second-order valence-electron chi connectivity index (χ2n) is 6.91. The van der Waals surface area contributed by atoms with Gasteiger partial charge < -0.3 is 9.64 Å². The van der Waals surface area contributed by atoms with Gasteiger partial charge in [-0.3, -0.25) is 10.2 Å². The number of anilines is 1. The maximum atomic E-state index is 13.8. The Morgan fingerprint density at radius 1 is 1.13 bits per heavy atom. The Balaban J connectivity index is 1.40. The molecule has 0 bridgehead atoms. The summed E-state index contributed by atoms with van der Waals surface area (Å²) in [5, 5.41) is 2.44. The highest BCUT2D eigenvalue weighted by Crippen LogP contribution is 2.30. The monoisotopic (exact) mass is 446 g/mol. The minimum absolute atomic E-state index is 0.315. The number of hydrogen-bond donors (Lipinski definition) is 1. The first-order valence-electron chi connectivity index (χ1n) is 9.79. The molecule has 0 unspecified atom stereocenters. The summed E-state index contributed by atoms with van der Waals surface area (Å²) in [6.07, 6.45) is 0. The van der Waals surface area contributed by atoms with Crippen LogP contribution in [0.25, 0.3) is 10.2 Å². The fourth-order valence-electron chi connectivity index (χ4n) is 3.31. The van der Waals surface area contributed by atoms with Crippen LogP contribution in [0.3, 0.4) is 0 Å². The lowest BCUT2D eigenvalue weighted by Crippen LogP contribution is -2.53.